The molecule has 3 heterocycles. The number of carbonyl (C=O) groups is 1. The average Bonchev–Trinajstić information content (AvgIpc) is 3.00. The second kappa shape index (κ2) is 8.03. The van der Waals surface area contributed by atoms with E-state index >= 15 is 0 Å². The molecule has 1 amide bonds. The van der Waals surface area contributed by atoms with Crippen molar-refractivity contribution in [3.05, 3.63) is 65.0 Å². The highest BCUT2D eigenvalue weighted by molar-refractivity contribution is 5.81. The fraction of sp³-hybridized carbons (Fsp3) is 0.364. The number of anilines is 1. The molecule has 1 aliphatic rings. The van der Waals surface area contributed by atoms with Crippen LogP contribution < -0.4 is 10.5 Å². The molecule has 0 radical (unpaired) electrons. The van der Waals surface area contributed by atoms with E-state index in [1.165, 1.54) is 10.9 Å². The molecule has 7 nitrogen and oxygen atoms in total. The number of benzene rings is 1. The molecule has 2 aromatic heterocycles. The molecule has 1 fully saturated rings. The molecule has 0 N–H and O–H groups in total. The molecular formula is C22H25N5O2. The van der Waals surface area contributed by atoms with Gasteiger partial charge in [-0.3, -0.25) is 19.1 Å². The number of aryl methyl sites for hydroxylation is 1. The van der Waals surface area contributed by atoms with E-state index in [-0.39, 0.29) is 11.5 Å². The van der Waals surface area contributed by atoms with Crippen LogP contribution in [0.4, 0.5) is 5.69 Å². The molecule has 1 aliphatic heterocycles. The van der Waals surface area contributed by atoms with Gasteiger partial charge in [-0.2, -0.15) is 0 Å². The van der Waals surface area contributed by atoms with Crippen molar-refractivity contribution in [1.82, 2.24) is 19.4 Å². The molecule has 0 bridgehead atoms. The summed E-state index contributed by atoms with van der Waals surface area (Å²) in [5.41, 5.74) is 2.76. The second-order valence-corrected chi connectivity index (χ2v) is 7.48. The van der Waals surface area contributed by atoms with Crippen molar-refractivity contribution in [3.8, 4) is 0 Å². The molecule has 1 saturated heterocycles. The highest BCUT2D eigenvalue weighted by Gasteiger charge is 2.26. The van der Waals surface area contributed by atoms with E-state index in [1.54, 1.807) is 25.3 Å². The molecule has 1 unspecified atom stereocenters. The van der Waals surface area contributed by atoms with Gasteiger partial charge in [0.2, 0.25) is 5.91 Å². The van der Waals surface area contributed by atoms with Crippen molar-refractivity contribution in [3.63, 3.8) is 0 Å². The van der Waals surface area contributed by atoms with Gasteiger partial charge in [0.15, 0.2) is 0 Å². The summed E-state index contributed by atoms with van der Waals surface area (Å²) in [6.07, 6.45) is 6.03. The van der Waals surface area contributed by atoms with Crippen LogP contribution in [-0.2, 0) is 4.79 Å². The molecule has 0 aliphatic carbocycles. The van der Waals surface area contributed by atoms with Crippen LogP contribution >= 0.6 is 0 Å². The van der Waals surface area contributed by atoms with Crippen LogP contribution in [0.2, 0.25) is 0 Å². The lowest BCUT2D eigenvalue weighted by molar-refractivity contribution is -0.134. The topological polar surface area (TPSA) is 71.3 Å². The van der Waals surface area contributed by atoms with Gasteiger partial charge in [-0.15, -0.1) is 0 Å². The van der Waals surface area contributed by atoms with Crippen molar-refractivity contribution >= 4 is 22.5 Å². The van der Waals surface area contributed by atoms with Crippen LogP contribution in [0.1, 0.15) is 24.9 Å². The zero-order valence-corrected chi connectivity index (χ0v) is 16.8. The van der Waals surface area contributed by atoms with Crippen LogP contribution in [-0.4, -0.2) is 51.5 Å². The van der Waals surface area contributed by atoms with Gasteiger partial charge in [0.25, 0.3) is 5.56 Å². The van der Waals surface area contributed by atoms with Gasteiger partial charge in [0.05, 0.1) is 17.2 Å². The summed E-state index contributed by atoms with van der Waals surface area (Å²) in [4.78, 5) is 38.7. The van der Waals surface area contributed by atoms with Gasteiger partial charge in [0.1, 0.15) is 6.04 Å². The number of para-hydroxylation sites is 1. The standard InChI is InChI=1S/C22H25N5O2/c1-16-14-23-9-8-20(16)25-10-5-11-26(13-12-25)21(28)17(2)27-15-24-19-7-4-3-6-18(19)22(27)29/h3-4,6-9,14-15,17H,5,10-13H2,1-2H3. The van der Waals surface area contributed by atoms with Gasteiger partial charge in [-0.25, -0.2) is 4.98 Å². The Bertz CT molecular complexity index is 1090. The first-order chi connectivity index (χ1) is 14.1. The number of hydrogen-bond donors (Lipinski definition) is 0. The largest absolute Gasteiger partial charge is 0.369 e. The minimum atomic E-state index is -0.589. The zero-order valence-electron chi connectivity index (χ0n) is 16.8. The average molecular weight is 391 g/mol. The summed E-state index contributed by atoms with van der Waals surface area (Å²) in [6.45, 7) is 6.78. The van der Waals surface area contributed by atoms with E-state index in [4.69, 9.17) is 0 Å². The fourth-order valence-electron chi connectivity index (χ4n) is 3.94. The van der Waals surface area contributed by atoms with Gasteiger partial charge in [-0.1, -0.05) is 12.1 Å². The van der Waals surface area contributed by atoms with Crippen LogP contribution in [0.5, 0.6) is 0 Å². The van der Waals surface area contributed by atoms with E-state index < -0.39 is 6.04 Å². The summed E-state index contributed by atoms with van der Waals surface area (Å²) in [5, 5.41) is 0.532. The van der Waals surface area contributed by atoms with Gasteiger partial charge in [0, 0.05) is 44.3 Å². The smallest absolute Gasteiger partial charge is 0.261 e. The third kappa shape index (κ3) is 3.72. The molecule has 4 rings (SSSR count). The Balaban J connectivity index is 1.52. The maximum absolute atomic E-state index is 13.2. The summed E-state index contributed by atoms with van der Waals surface area (Å²) in [6, 6.07) is 8.65. The van der Waals surface area contributed by atoms with E-state index in [9.17, 15) is 9.59 Å². The maximum atomic E-state index is 13.2. The Labute approximate surface area is 169 Å². The van der Waals surface area contributed by atoms with Crippen molar-refractivity contribution in [1.29, 1.82) is 0 Å². The predicted molar refractivity (Wildman–Crippen MR) is 113 cm³/mol. The normalized spacial score (nSPS) is 15.9. The third-order valence-electron chi connectivity index (χ3n) is 5.60. The van der Waals surface area contributed by atoms with Crippen LogP contribution in [0.15, 0.2) is 53.8 Å². The van der Waals surface area contributed by atoms with Crippen LogP contribution in [0, 0.1) is 6.92 Å². The predicted octanol–water partition coefficient (Wildman–Crippen LogP) is 2.40. The number of aromatic nitrogens is 3. The zero-order chi connectivity index (χ0) is 20.4. The lowest BCUT2D eigenvalue weighted by atomic mass is 10.2. The minimum Gasteiger partial charge on any atom is -0.369 e. The number of hydrogen-bond acceptors (Lipinski definition) is 5. The fourth-order valence-corrected chi connectivity index (χ4v) is 3.94. The number of carbonyl (C=O) groups excluding carboxylic acids is 1. The Hall–Kier alpha value is -3.22. The summed E-state index contributed by atoms with van der Waals surface area (Å²) in [7, 11) is 0. The first-order valence-corrected chi connectivity index (χ1v) is 9.96. The SMILES string of the molecule is Cc1cnccc1N1CCCN(C(=O)C(C)n2cnc3ccccc3c2=O)CC1. The van der Waals surface area contributed by atoms with Gasteiger partial charge in [-0.05, 0) is 44.0 Å². The van der Waals surface area contributed by atoms with Crippen molar-refractivity contribution in [2.45, 2.75) is 26.3 Å². The highest BCUT2D eigenvalue weighted by atomic mass is 16.2. The Morgan fingerprint density at radius 1 is 1.10 bits per heavy atom. The summed E-state index contributed by atoms with van der Waals surface area (Å²) >= 11 is 0. The Morgan fingerprint density at radius 2 is 1.93 bits per heavy atom. The molecule has 29 heavy (non-hydrogen) atoms. The van der Waals surface area contributed by atoms with E-state index in [0.717, 1.165) is 30.8 Å². The first-order valence-electron chi connectivity index (χ1n) is 9.96. The van der Waals surface area contributed by atoms with Gasteiger partial charge < -0.3 is 9.80 Å². The molecule has 0 spiro atoms. The van der Waals surface area contributed by atoms with Crippen LogP contribution in [0.25, 0.3) is 10.9 Å². The number of pyridine rings is 1. The Morgan fingerprint density at radius 3 is 2.76 bits per heavy atom. The molecule has 7 heteroatoms. The Kier molecular flexibility index (Phi) is 5.29. The molecule has 1 aromatic carbocycles. The number of nitrogens with zero attached hydrogens (tertiary/aromatic N) is 5. The second-order valence-electron chi connectivity index (χ2n) is 7.48. The summed E-state index contributed by atoms with van der Waals surface area (Å²) in [5.74, 6) is -0.0440. The van der Waals surface area contributed by atoms with E-state index in [2.05, 4.69) is 21.8 Å². The van der Waals surface area contributed by atoms with Crippen molar-refractivity contribution in [2.75, 3.05) is 31.1 Å². The van der Waals surface area contributed by atoms with Crippen molar-refractivity contribution < 1.29 is 4.79 Å². The lowest BCUT2D eigenvalue weighted by Crippen LogP contribution is -2.41. The van der Waals surface area contributed by atoms with Gasteiger partial charge >= 0.3 is 0 Å². The quantitative estimate of drug-likeness (QED) is 0.686. The number of rotatable bonds is 3. The van der Waals surface area contributed by atoms with E-state index in [0.29, 0.717) is 24.0 Å². The van der Waals surface area contributed by atoms with Crippen LogP contribution in [0.3, 0.4) is 0 Å². The minimum absolute atomic E-state index is 0.0440. The molecular weight excluding hydrogens is 366 g/mol. The first kappa shape index (κ1) is 19.1. The highest BCUT2D eigenvalue weighted by Crippen LogP contribution is 2.21. The molecule has 1 atom stereocenters. The molecule has 0 saturated carbocycles. The lowest BCUT2D eigenvalue weighted by Gasteiger charge is -2.26. The maximum Gasteiger partial charge on any atom is 0.261 e. The third-order valence-corrected chi connectivity index (χ3v) is 5.60. The summed E-state index contributed by atoms with van der Waals surface area (Å²) < 4.78 is 1.44. The van der Waals surface area contributed by atoms with E-state index in [1.807, 2.05) is 29.3 Å². The molecule has 3 aromatic rings. The molecule has 150 valence electrons. The monoisotopic (exact) mass is 391 g/mol. The van der Waals surface area contributed by atoms with Crippen molar-refractivity contribution in [2.24, 2.45) is 0 Å². The number of amides is 1. The number of fused-ring (bicyclic) bond motifs is 1.